The van der Waals surface area contributed by atoms with E-state index >= 15 is 0 Å². The summed E-state index contributed by atoms with van der Waals surface area (Å²) in [5.41, 5.74) is 0.990. The Bertz CT molecular complexity index is 664. The minimum absolute atomic E-state index is 0.130. The number of carbonyl (C=O) groups is 3. The van der Waals surface area contributed by atoms with Crippen LogP contribution in [0.15, 0.2) is 24.3 Å². The van der Waals surface area contributed by atoms with E-state index in [-0.39, 0.29) is 11.7 Å². The van der Waals surface area contributed by atoms with Crippen LogP contribution in [0.1, 0.15) is 31.2 Å². The number of carboxylic acid groups (broad SMARTS) is 2. The molecule has 0 bridgehead atoms. The third-order valence-electron chi connectivity index (χ3n) is 4.75. The van der Waals surface area contributed by atoms with Gasteiger partial charge >= 0.3 is 11.9 Å². The lowest BCUT2D eigenvalue weighted by Crippen LogP contribution is -2.43. The van der Waals surface area contributed by atoms with Crippen molar-refractivity contribution in [1.29, 1.82) is 0 Å². The molecule has 148 valence electrons. The van der Waals surface area contributed by atoms with Crippen LogP contribution in [0.25, 0.3) is 0 Å². The number of amides is 1. The Hall–Kier alpha value is -2.48. The third-order valence-corrected chi connectivity index (χ3v) is 4.75. The lowest BCUT2D eigenvalue weighted by molar-refractivity contribution is -0.159. The fraction of sp³-hybridized carbons (Fsp3) is 0.526. The van der Waals surface area contributed by atoms with Crippen molar-refractivity contribution in [2.75, 3.05) is 26.2 Å². The van der Waals surface area contributed by atoms with Gasteiger partial charge in [0.15, 0.2) is 0 Å². The van der Waals surface area contributed by atoms with Gasteiger partial charge in [-0.25, -0.2) is 14.0 Å². The van der Waals surface area contributed by atoms with Crippen LogP contribution in [0.4, 0.5) is 4.39 Å². The first-order valence-electron chi connectivity index (χ1n) is 9.08. The van der Waals surface area contributed by atoms with Crippen LogP contribution in [0.3, 0.4) is 0 Å². The van der Waals surface area contributed by atoms with Crippen LogP contribution in [-0.4, -0.2) is 64.0 Å². The number of benzene rings is 1. The molecule has 1 atom stereocenters. The maximum absolute atomic E-state index is 13.3. The number of piperidine rings is 1. The van der Waals surface area contributed by atoms with Gasteiger partial charge in [-0.1, -0.05) is 12.1 Å². The Labute approximate surface area is 157 Å². The Kier molecular flexibility index (Phi) is 7.72. The van der Waals surface area contributed by atoms with Crippen molar-refractivity contribution >= 4 is 17.8 Å². The van der Waals surface area contributed by atoms with Crippen molar-refractivity contribution in [2.24, 2.45) is 5.92 Å². The first-order chi connectivity index (χ1) is 12.9. The number of nitrogens with zero attached hydrogens (tertiary/aromatic N) is 2. The molecule has 0 spiro atoms. The quantitative estimate of drug-likeness (QED) is 0.776. The monoisotopic (exact) mass is 380 g/mol. The summed E-state index contributed by atoms with van der Waals surface area (Å²) in [6.45, 7) is 4.41. The number of halogens is 1. The number of rotatable bonds is 3. The van der Waals surface area contributed by atoms with E-state index in [2.05, 4.69) is 4.90 Å². The van der Waals surface area contributed by atoms with E-state index in [4.69, 9.17) is 19.8 Å². The van der Waals surface area contributed by atoms with Gasteiger partial charge in [-0.15, -0.1) is 0 Å². The summed E-state index contributed by atoms with van der Waals surface area (Å²) < 4.78 is 13.3. The van der Waals surface area contributed by atoms with Crippen molar-refractivity contribution < 1.29 is 29.0 Å². The second kappa shape index (κ2) is 10.0. The fourth-order valence-electron chi connectivity index (χ4n) is 3.49. The van der Waals surface area contributed by atoms with E-state index in [1.807, 2.05) is 11.0 Å². The Morgan fingerprint density at radius 1 is 1.04 bits per heavy atom. The average Bonchev–Trinajstić information content (AvgIpc) is 3.16. The van der Waals surface area contributed by atoms with Gasteiger partial charge in [0.25, 0.3) is 0 Å². The molecule has 2 heterocycles. The van der Waals surface area contributed by atoms with Crippen molar-refractivity contribution in [2.45, 2.75) is 32.2 Å². The topological polar surface area (TPSA) is 98.2 Å². The first kappa shape index (κ1) is 20.8. The fourth-order valence-corrected chi connectivity index (χ4v) is 3.49. The normalized spacial score (nSPS) is 19.9. The molecule has 3 rings (SSSR count). The van der Waals surface area contributed by atoms with Gasteiger partial charge in [-0.3, -0.25) is 9.69 Å². The second-order valence-corrected chi connectivity index (χ2v) is 6.85. The molecule has 0 aliphatic carbocycles. The molecule has 2 fully saturated rings. The number of carbonyl (C=O) groups excluding carboxylic acids is 1. The summed E-state index contributed by atoms with van der Waals surface area (Å²) in [5, 5.41) is 14.8. The minimum atomic E-state index is -1.82. The van der Waals surface area contributed by atoms with E-state index in [1.165, 1.54) is 6.07 Å². The van der Waals surface area contributed by atoms with Gasteiger partial charge in [-0.05, 0) is 49.9 Å². The molecule has 0 radical (unpaired) electrons. The lowest BCUT2D eigenvalue weighted by atomic mass is 9.96. The lowest BCUT2D eigenvalue weighted by Gasteiger charge is -2.34. The summed E-state index contributed by atoms with van der Waals surface area (Å²) in [6.07, 6.45) is 4.34. The summed E-state index contributed by atoms with van der Waals surface area (Å²) in [5.74, 6) is -3.37. The van der Waals surface area contributed by atoms with Crippen LogP contribution in [0.5, 0.6) is 0 Å². The molecule has 8 heteroatoms. The molecule has 27 heavy (non-hydrogen) atoms. The van der Waals surface area contributed by atoms with E-state index < -0.39 is 11.9 Å². The maximum atomic E-state index is 13.3. The van der Waals surface area contributed by atoms with E-state index in [0.29, 0.717) is 5.91 Å². The molecule has 2 aliphatic heterocycles. The maximum Gasteiger partial charge on any atom is 0.414 e. The second-order valence-electron chi connectivity index (χ2n) is 6.85. The predicted molar refractivity (Wildman–Crippen MR) is 95.5 cm³/mol. The largest absolute Gasteiger partial charge is 0.473 e. The average molecular weight is 380 g/mol. The molecular weight excluding hydrogens is 355 g/mol. The molecule has 1 aromatic rings. The Balaban J connectivity index is 0.000000380. The molecule has 7 nitrogen and oxygen atoms in total. The molecule has 1 aromatic carbocycles. The summed E-state index contributed by atoms with van der Waals surface area (Å²) in [7, 11) is 0. The van der Waals surface area contributed by atoms with E-state index in [0.717, 1.165) is 64.0 Å². The molecule has 1 unspecified atom stereocenters. The van der Waals surface area contributed by atoms with Crippen LogP contribution < -0.4 is 0 Å². The highest BCUT2D eigenvalue weighted by Crippen LogP contribution is 2.22. The number of carboxylic acids is 2. The summed E-state index contributed by atoms with van der Waals surface area (Å²) in [4.78, 5) is 35.0. The molecule has 0 saturated carbocycles. The zero-order chi connectivity index (χ0) is 19.8. The number of hydrogen-bond donors (Lipinski definition) is 2. The minimum Gasteiger partial charge on any atom is -0.473 e. The van der Waals surface area contributed by atoms with Crippen molar-refractivity contribution in [3.63, 3.8) is 0 Å². The molecule has 2 saturated heterocycles. The van der Waals surface area contributed by atoms with E-state index in [1.54, 1.807) is 12.1 Å². The van der Waals surface area contributed by atoms with Gasteiger partial charge in [0.05, 0.1) is 5.92 Å². The SMILES string of the molecule is O=C(C1CCCN(Cc2cccc(F)c2)C1)N1CCCC1.O=C(O)C(=O)O. The summed E-state index contributed by atoms with van der Waals surface area (Å²) >= 11 is 0. The van der Waals surface area contributed by atoms with Crippen molar-refractivity contribution in [3.05, 3.63) is 35.6 Å². The van der Waals surface area contributed by atoms with Crippen LogP contribution in [0.2, 0.25) is 0 Å². The molecule has 2 N–H and O–H groups in total. The highest BCUT2D eigenvalue weighted by atomic mass is 19.1. The molecular formula is C19H25FN2O5. The van der Waals surface area contributed by atoms with Gasteiger partial charge in [-0.2, -0.15) is 0 Å². The number of likely N-dealkylation sites (tertiary alicyclic amines) is 2. The van der Waals surface area contributed by atoms with Crippen LogP contribution in [-0.2, 0) is 20.9 Å². The number of aliphatic carboxylic acids is 2. The zero-order valence-corrected chi connectivity index (χ0v) is 15.1. The molecule has 0 aromatic heterocycles. The third kappa shape index (κ3) is 6.63. The summed E-state index contributed by atoms with van der Waals surface area (Å²) in [6, 6.07) is 6.77. The Morgan fingerprint density at radius 2 is 1.70 bits per heavy atom. The van der Waals surface area contributed by atoms with Gasteiger partial charge < -0.3 is 15.1 Å². The van der Waals surface area contributed by atoms with Crippen molar-refractivity contribution in [3.8, 4) is 0 Å². The van der Waals surface area contributed by atoms with Gasteiger partial charge in [0.1, 0.15) is 5.82 Å². The smallest absolute Gasteiger partial charge is 0.414 e. The standard InChI is InChI=1S/C17H23FN2O.C2H2O4/c18-16-7-3-5-14(11-16)12-19-8-4-6-15(13-19)17(21)20-9-1-2-10-20;3-1(4)2(5)6/h3,5,7,11,15H,1-2,4,6,8-10,12-13H2;(H,3,4)(H,5,6). The van der Waals surface area contributed by atoms with Crippen LogP contribution in [0, 0.1) is 11.7 Å². The molecule has 2 aliphatic rings. The highest BCUT2D eigenvalue weighted by molar-refractivity contribution is 6.27. The van der Waals surface area contributed by atoms with Gasteiger partial charge in [0, 0.05) is 26.2 Å². The molecule has 1 amide bonds. The van der Waals surface area contributed by atoms with E-state index in [9.17, 15) is 9.18 Å². The predicted octanol–water partition coefficient (Wildman–Crippen LogP) is 1.82. The number of hydrogen-bond acceptors (Lipinski definition) is 4. The first-order valence-corrected chi connectivity index (χ1v) is 9.08. The highest BCUT2D eigenvalue weighted by Gasteiger charge is 2.30. The zero-order valence-electron chi connectivity index (χ0n) is 15.1. The van der Waals surface area contributed by atoms with Gasteiger partial charge in [0.2, 0.25) is 5.91 Å². The van der Waals surface area contributed by atoms with Crippen LogP contribution >= 0.6 is 0 Å². The Morgan fingerprint density at radius 3 is 2.30 bits per heavy atom. The van der Waals surface area contributed by atoms with Crippen molar-refractivity contribution in [1.82, 2.24) is 9.80 Å².